The number of nitrogens with one attached hydrogen (secondary N) is 2. The molecule has 0 unspecified atom stereocenters. The summed E-state index contributed by atoms with van der Waals surface area (Å²) < 4.78 is 0. The van der Waals surface area contributed by atoms with Crippen LogP contribution in [0.2, 0.25) is 5.02 Å². The summed E-state index contributed by atoms with van der Waals surface area (Å²) in [5.74, 6) is -0.189. The summed E-state index contributed by atoms with van der Waals surface area (Å²) in [5, 5.41) is 6.10. The Morgan fingerprint density at radius 1 is 1.53 bits per heavy atom. The summed E-state index contributed by atoms with van der Waals surface area (Å²) in [6, 6.07) is 6.63. The van der Waals surface area contributed by atoms with Crippen LogP contribution in [0.25, 0.3) is 0 Å². The fourth-order valence-electron chi connectivity index (χ4n) is 1.97. The lowest BCUT2D eigenvalue weighted by Crippen LogP contribution is -2.53. The molecule has 1 saturated heterocycles. The van der Waals surface area contributed by atoms with Gasteiger partial charge in [0, 0.05) is 23.8 Å². The van der Waals surface area contributed by atoms with Crippen LogP contribution in [0, 0.1) is 0 Å². The van der Waals surface area contributed by atoms with E-state index in [0.717, 1.165) is 0 Å². The van der Waals surface area contributed by atoms with Crippen LogP contribution in [0.3, 0.4) is 0 Å². The van der Waals surface area contributed by atoms with Gasteiger partial charge in [0.05, 0.1) is 12.6 Å². The van der Waals surface area contributed by atoms with Crippen LogP contribution in [0.15, 0.2) is 24.3 Å². The summed E-state index contributed by atoms with van der Waals surface area (Å²) in [6.45, 7) is 3.30. The lowest BCUT2D eigenvalue weighted by Gasteiger charge is -2.31. The fourth-order valence-corrected chi connectivity index (χ4v) is 2.16. The maximum absolute atomic E-state index is 12.1. The molecule has 1 heterocycles. The van der Waals surface area contributed by atoms with Gasteiger partial charge in [0.2, 0.25) is 11.8 Å². The predicted octanol–water partition coefficient (Wildman–Crippen LogP) is 1.10. The molecular weight excluding hydrogens is 266 g/mol. The molecule has 6 heteroatoms. The second-order valence-electron chi connectivity index (χ2n) is 4.50. The number of rotatable bonds is 3. The lowest BCUT2D eigenvalue weighted by molar-refractivity contribution is -0.127. The average molecular weight is 282 g/mol. The van der Waals surface area contributed by atoms with Crippen molar-refractivity contribution in [2.24, 2.45) is 0 Å². The molecule has 0 spiro atoms. The third kappa shape index (κ3) is 3.68. The first kappa shape index (κ1) is 13.8. The molecule has 1 atom stereocenters. The first-order chi connectivity index (χ1) is 9.06. The molecule has 0 aromatic heterocycles. The standard InChI is InChI=1S/C13H16ClN3O2/c1-9(17-6-5-15-12(18)8-17)13(19)16-11-4-2-3-10(14)7-11/h2-4,7,9H,5-6,8H2,1H3,(H,15,18)(H,16,19)/t9-/m1/s1. The molecule has 1 aromatic rings. The normalized spacial score (nSPS) is 17.7. The van der Waals surface area contributed by atoms with E-state index in [-0.39, 0.29) is 24.4 Å². The number of carbonyl (C=O) groups excluding carboxylic acids is 2. The van der Waals surface area contributed by atoms with Crippen LogP contribution in [0.1, 0.15) is 6.92 Å². The monoisotopic (exact) mass is 281 g/mol. The Balaban J connectivity index is 1.97. The summed E-state index contributed by atoms with van der Waals surface area (Å²) in [7, 11) is 0. The Morgan fingerprint density at radius 3 is 3.00 bits per heavy atom. The molecule has 2 amide bonds. The van der Waals surface area contributed by atoms with E-state index >= 15 is 0 Å². The van der Waals surface area contributed by atoms with E-state index in [2.05, 4.69) is 10.6 Å². The minimum atomic E-state index is -0.356. The van der Waals surface area contributed by atoms with Crippen LogP contribution in [0.5, 0.6) is 0 Å². The second-order valence-corrected chi connectivity index (χ2v) is 4.93. The molecule has 2 N–H and O–H groups in total. The van der Waals surface area contributed by atoms with Crippen molar-refractivity contribution in [1.29, 1.82) is 0 Å². The van der Waals surface area contributed by atoms with E-state index < -0.39 is 0 Å². The number of benzene rings is 1. The highest BCUT2D eigenvalue weighted by Gasteiger charge is 2.25. The zero-order valence-electron chi connectivity index (χ0n) is 10.6. The van der Waals surface area contributed by atoms with Gasteiger partial charge in [-0.1, -0.05) is 17.7 Å². The van der Waals surface area contributed by atoms with Crippen molar-refractivity contribution in [2.75, 3.05) is 25.0 Å². The van der Waals surface area contributed by atoms with Gasteiger partial charge in [-0.15, -0.1) is 0 Å². The first-order valence-corrected chi connectivity index (χ1v) is 6.51. The number of nitrogens with zero attached hydrogens (tertiary/aromatic N) is 1. The first-order valence-electron chi connectivity index (χ1n) is 6.13. The fraction of sp³-hybridized carbons (Fsp3) is 0.385. The topological polar surface area (TPSA) is 61.4 Å². The van der Waals surface area contributed by atoms with Crippen LogP contribution in [0.4, 0.5) is 5.69 Å². The van der Waals surface area contributed by atoms with Gasteiger partial charge >= 0.3 is 0 Å². The third-order valence-electron chi connectivity index (χ3n) is 3.09. The van der Waals surface area contributed by atoms with E-state index in [1.807, 2.05) is 4.90 Å². The van der Waals surface area contributed by atoms with Crippen molar-refractivity contribution >= 4 is 29.1 Å². The Morgan fingerprint density at radius 2 is 2.32 bits per heavy atom. The van der Waals surface area contributed by atoms with Crippen molar-refractivity contribution in [3.8, 4) is 0 Å². The minimum absolute atomic E-state index is 0.0475. The Bertz CT molecular complexity index is 493. The number of halogens is 1. The molecule has 102 valence electrons. The molecular formula is C13H16ClN3O2. The summed E-state index contributed by atoms with van der Waals surface area (Å²) in [5.41, 5.74) is 0.658. The van der Waals surface area contributed by atoms with Crippen LogP contribution in [-0.2, 0) is 9.59 Å². The molecule has 1 fully saturated rings. The Kier molecular flexibility index (Phi) is 4.39. The Hall–Kier alpha value is -1.59. The van der Waals surface area contributed by atoms with E-state index in [9.17, 15) is 9.59 Å². The molecule has 0 saturated carbocycles. The van der Waals surface area contributed by atoms with Crippen molar-refractivity contribution in [1.82, 2.24) is 10.2 Å². The maximum Gasteiger partial charge on any atom is 0.241 e. The molecule has 1 aromatic carbocycles. The summed E-state index contributed by atoms with van der Waals surface area (Å²) in [4.78, 5) is 25.2. The minimum Gasteiger partial charge on any atom is -0.354 e. The van der Waals surface area contributed by atoms with Crippen molar-refractivity contribution < 1.29 is 9.59 Å². The van der Waals surface area contributed by atoms with Gasteiger partial charge in [-0.05, 0) is 25.1 Å². The van der Waals surface area contributed by atoms with Gasteiger partial charge in [-0.2, -0.15) is 0 Å². The molecule has 2 rings (SSSR count). The smallest absolute Gasteiger partial charge is 0.241 e. The van der Waals surface area contributed by atoms with Gasteiger partial charge in [-0.3, -0.25) is 14.5 Å². The number of hydrogen-bond donors (Lipinski definition) is 2. The number of amides is 2. The van der Waals surface area contributed by atoms with Crippen molar-refractivity contribution in [3.05, 3.63) is 29.3 Å². The van der Waals surface area contributed by atoms with Crippen LogP contribution in [-0.4, -0.2) is 42.4 Å². The van der Waals surface area contributed by atoms with Gasteiger partial charge in [0.15, 0.2) is 0 Å². The SMILES string of the molecule is C[C@H](C(=O)Nc1cccc(Cl)c1)N1CCNC(=O)C1. The number of hydrogen-bond acceptors (Lipinski definition) is 3. The van der Waals surface area contributed by atoms with Gasteiger partial charge in [0.25, 0.3) is 0 Å². The van der Waals surface area contributed by atoms with Crippen molar-refractivity contribution in [2.45, 2.75) is 13.0 Å². The summed E-state index contributed by atoms with van der Waals surface area (Å²) >= 11 is 5.86. The van der Waals surface area contributed by atoms with Crippen LogP contribution < -0.4 is 10.6 Å². The van der Waals surface area contributed by atoms with E-state index in [1.54, 1.807) is 31.2 Å². The number of anilines is 1. The maximum atomic E-state index is 12.1. The number of piperazine rings is 1. The predicted molar refractivity (Wildman–Crippen MR) is 74.1 cm³/mol. The number of carbonyl (C=O) groups is 2. The van der Waals surface area contributed by atoms with E-state index in [1.165, 1.54) is 0 Å². The average Bonchev–Trinajstić information content (AvgIpc) is 2.38. The summed E-state index contributed by atoms with van der Waals surface area (Å²) in [6.07, 6.45) is 0. The molecule has 1 aliphatic rings. The molecule has 0 bridgehead atoms. The third-order valence-corrected chi connectivity index (χ3v) is 3.32. The van der Waals surface area contributed by atoms with Gasteiger partial charge in [0.1, 0.15) is 0 Å². The molecule has 0 radical (unpaired) electrons. The van der Waals surface area contributed by atoms with Gasteiger partial charge in [-0.25, -0.2) is 0 Å². The quantitative estimate of drug-likeness (QED) is 0.872. The zero-order chi connectivity index (χ0) is 13.8. The highest BCUT2D eigenvalue weighted by atomic mass is 35.5. The molecule has 19 heavy (non-hydrogen) atoms. The van der Waals surface area contributed by atoms with E-state index in [0.29, 0.717) is 23.8 Å². The lowest BCUT2D eigenvalue weighted by atomic mass is 10.2. The van der Waals surface area contributed by atoms with Gasteiger partial charge < -0.3 is 10.6 Å². The molecule has 0 aliphatic carbocycles. The Labute approximate surface area is 116 Å². The molecule has 5 nitrogen and oxygen atoms in total. The van der Waals surface area contributed by atoms with Crippen LogP contribution >= 0.6 is 11.6 Å². The highest BCUT2D eigenvalue weighted by molar-refractivity contribution is 6.30. The zero-order valence-corrected chi connectivity index (χ0v) is 11.4. The molecule has 1 aliphatic heterocycles. The van der Waals surface area contributed by atoms with E-state index in [4.69, 9.17) is 11.6 Å². The van der Waals surface area contributed by atoms with Crippen molar-refractivity contribution in [3.63, 3.8) is 0 Å². The largest absolute Gasteiger partial charge is 0.354 e. The highest BCUT2D eigenvalue weighted by Crippen LogP contribution is 2.15. The second kappa shape index (κ2) is 6.04.